The molecule has 4 aromatic rings. The van der Waals surface area contributed by atoms with Crippen LogP contribution in [0.2, 0.25) is 0 Å². The Morgan fingerprint density at radius 2 is 0.957 bits per heavy atom. The number of fused-ring (bicyclic) bond motifs is 1. The molecule has 0 saturated carbocycles. The Morgan fingerprint density at radius 1 is 0.565 bits per heavy atom. The smallest absolute Gasteiger partial charge is 0.113 e. The molecule has 0 saturated heterocycles. The Morgan fingerprint density at radius 3 is 1.35 bits per heavy atom. The lowest BCUT2D eigenvalue weighted by molar-refractivity contribution is 1.57. The zero-order valence-electron chi connectivity index (χ0n) is 12.2. The van der Waals surface area contributed by atoms with Crippen molar-refractivity contribution in [1.29, 1.82) is 0 Å². The number of anilines is 2. The van der Waals surface area contributed by atoms with Gasteiger partial charge in [0.1, 0.15) is 11.0 Å². The summed E-state index contributed by atoms with van der Waals surface area (Å²) >= 11 is 1.23. The summed E-state index contributed by atoms with van der Waals surface area (Å²) in [5.41, 5.74) is 19.2. The van der Waals surface area contributed by atoms with Crippen LogP contribution < -0.4 is 11.5 Å². The molecule has 3 aromatic carbocycles. The van der Waals surface area contributed by atoms with Gasteiger partial charge in [0.05, 0.1) is 11.7 Å². The number of benzene rings is 3. The van der Waals surface area contributed by atoms with E-state index in [1.165, 1.54) is 11.7 Å². The summed E-state index contributed by atoms with van der Waals surface area (Å²) in [7, 11) is 0. The second-order valence-electron chi connectivity index (χ2n) is 5.37. The molecule has 1 aromatic heterocycles. The van der Waals surface area contributed by atoms with Crippen molar-refractivity contribution in [2.24, 2.45) is 0 Å². The first-order valence-corrected chi connectivity index (χ1v) is 7.92. The van der Waals surface area contributed by atoms with Crippen molar-refractivity contribution < 1.29 is 0 Å². The molecular formula is C18H14N4S. The summed E-state index contributed by atoms with van der Waals surface area (Å²) in [6.45, 7) is 0. The van der Waals surface area contributed by atoms with Crippen LogP contribution in [0.25, 0.3) is 33.3 Å². The minimum Gasteiger partial charge on any atom is -0.399 e. The van der Waals surface area contributed by atoms with Crippen molar-refractivity contribution in [3.8, 4) is 22.3 Å². The first kappa shape index (κ1) is 13.7. The molecule has 4 nitrogen and oxygen atoms in total. The molecule has 23 heavy (non-hydrogen) atoms. The van der Waals surface area contributed by atoms with Gasteiger partial charge in [-0.1, -0.05) is 36.4 Å². The van der Waals surface area contributed by atoms with E-state index in [1.807, 2.05) is 48.5 Å². The van der Waals surface area contributed by atoms with Gasteiger partial charge in [0.25, 0.3) is 0 Å². The second-order valence-corrected chi connectivity index (χ2v) is 5.89. The molecule has 0 aliphatic heterocycles. The van der Waals surface area contributed by atoms with Crippen LogP contribution in [0.5, 0.6) is 0 Å². The third kappa shape index (κ3) is 2.41. The normalized spacial score (nSPS) is 11.0. The molecule has 5 heteroatoms. The van der Waals surface area contributed by atoms with Crippen molar-refractivity contribution in [3.05, 3.63) is 60.7 Å². The number of rotatable bonds is 2. The number of nitrogens with zero attached hydrogens (tertiary/aromatic N) is 2. The van der Waals surface area contributed by atoms with E-state index in [-0.39, 0.29) is 0 Å². The van der Waals surface area contributed by atoms with E-state index in [0.717, 1.165) is 44.7 Å². The van der Waals surface area contributed by atoms with Gasteiger partial charge in [0, 0.05) is 22.5 Å². The van der Waals surface area contributed by atoms with Crippen LogP contribution in [0.1, 0.15) is 0 Å². The summed E-state index contributed by atoms with van der Waals surface area (Å²) in [5, 5.41) is 0. The molecular weight excluding hydrogens is 304 g/mol. The van der Waals surface area contributed by atoms with Gasteiger partial charge in [0.2, 0.25) is 0 Å². The van der Waals surface area contributed by atoms with E-state index in [2.05, 4.69) is 20.9 Å². The molecule has 0 bridgehead atoms. The van der Waals surface area contributed by atoms with E-state index in [4.69, 9.17) is 11.5 Å². The third-order valence-electron chi connectivity index (χ3n) is 3.86. The Kier molecular flexibility index (Phi) is 3.20. The largest absolute Gasteiger partial charge is 0.399 e. The van der Waals surface area contributed by atoms with E-state index in [0.29, 0.717) is 0 Å². The monoisotopic (exact) mass is 318 g/mol. The molecule has 0 spiro atoms. The highest BCUT2D eigenvalue weighted by molar-refractivity contribution is 7.00. The highest BCUT2D eigenvalue weighted by Crippen LogP contribution is 2.34. The van der Waals surface area contributed by atoms with Crippen molar-refractivity contribution in [2.45, 2.75) is 0 Å². The predicted molar refractivity (Wildman–Crippen MR) is 97.1 cm³/mol. The zero-order chi connectivity index (χ0) is 15.8. The number of nitrogens with two attached hydrogens (primary N) is 2. The van der Waals surface area contributed by atoms with Crippen molar-refractivity contribution in [2.75, 3.05) is 11.5 Å². The maximum atomic E-state index is 5.77. The topological polar surface area (TPSA) is 77.8 Å². The lowest BCUT2D eigenvalue weighted by atomic mass is 9.97. The summed E-state index contributed by atoms with van der Waals surface area (Å²) in [4.78, 5) is 0. The van der Waals surface area contributed by atoms with Crippen molar-refractivity contribution in [1.82, 2.24) is 8.75 Å². The molecule has 4 N–H and O–H groups in total. The number of hydrogen-bond donors (Lipinski definition) is 2. The van der Waals surface area contributed by atoms with Crippen molar-refractivity contribution in [3.63, 3.8) is 0 Å². The van der Waals surface area contributed by atoms with E-state index < -0.39 is 0 Å². The van der Waals surface area contributed by atoms with Crippen LogP contribution in [0.3, 0.4) is 0 Å². The average molecular weight is 318 g/mol. The maximum absolute atomic E-state index is 5.77. The first-order chi connectivity index (χ1) is 11.2. The highest BCUT2D eigenvalue weighted by Gasteiger charge is 2.13. The lowest BCUT2D eigenvalue weighted by Gasteiger charge is -2.07. The second kappa shape index (κ2) is 5.37. The fraction of sp³-hybridized carbons (Fsp3) is 0. The minimum atomic E-state index is 0.750. The summed E-state index contributed by atoms with van der Waals surface area (Å²) in [5.74, 6) is 0. The minimum absolute atomic E-state index is 0.750. The average Bonchev–Trinajstić information content (AvgIpc) is 3.05. The molecule has 0 fully saturated rings. The summed E-state index contributed by atoms with van der Waals surface area (Å²) in [6.07, 6.45) is 0. The Hall–Kier alpha value is -2.92. The molecule has 0 atom stereocenters. The molecule has 0 aliphatic rings. The molecule has 1 heterocycles. The van der Waals surface area contributed by atoms with Gasteiger partial charge in [-0.3, -0.25) is 0 Å². The van der Waals surface area contributed by atoms with Crippen LogP contribution in [0, 0.1) is 0 Å². The van der Waals surface area contributed by atoms with Gasteiger partial charge in [-0.25, -0.2) is 0 Å². The number of hydrogen-bond acceptors (Lipinski definition) is 5. The van der Waals surface area contributed by atoms with Crippen LogP contribution in [-0.4, -0.2) is 8.75 Å². The highest BCUT2D eigenvalue weighted by atomic mass is 32.1. The fourth-order valence-electron chi connectivity index (χ4n) is 2.66. The van der Waals surface area contributed by atoms with Crippen LogP contribution in [-0.2, 0) is 0 Å². The van der Waals surface area contributed by atoms with E-state index in [9.17, 15) is 0 Å². The molecule has 112 valence electrons. The van der Waals surface area contributed by atoms with Gasteiger partial charge in [0.15, 0.2) is 0 Å². The fourth-order valence-corrected chi connectivity index (χ4v) is 3.23. The SMILES string of the molecule is Nc1ccc(-c2ccc(-c3ccc(N)cc3)c3nsnc23)cc1. The summed E-state index contributed by atoms with van der Waals surface area (Å²) < 4.78 is 8.99. The Labute approximate surface area is 137 Å². The molecule has 0 radical (unpaired) electrons. The number of nitrogen functional groups attached to an aromatic ring is 2. The van der Waals surface area contributed by atoms with Gasteiger partial charge in [-0.05, 0) is 35.4 Å². The maximum Gasteiger partial charge on any atom is 0.113 e. The van der Waals surface area contributed by atoms with Gasteiger partial charge in [-0.2, -0.15) is 8.75 Å². The first-order valence-electron chi connectivity index (χ1n) is 7.19. The zero-order valence-corrected chi connectivity index (χ0v) is 13.0. The van der Waals surface area contributed by atoms with Crippen LogP contribution >= 0.6 is 11.7 Å². The lowest BCUT2D eigenvalue weighted by Crippen LogP contribution is -1.88. The van der Waals surface area contributed by atoms with Crippen LogP contribution in [0.4, 0.5) is 11.4 Å². The van der Waals surface area contributed by atoms with E-state index in [1.54, 1.807) is 0 Å². The van der Waals surface area contributed by atoms with Gasteiger partial charge >= 0.3 is 0 Å². The quantitative estimate of drug-likeness (QED) is 0.543. The molecule has 0 amide bonds. The molecule has 4 rings (SSSR count). The van der Waals surface area contributed by atoms with Crippen LogP contribution in [0.15, 0.2) is 60.7 Å². The molecule has 0 unspecified atom stereocenters. The van der Waals surface area contributed by atoms with Gasteiger partial charge < -0.3 is 11.5 Å². The predicted octanol–water partition coefficient (Wildman–Crippen LogP) is 4.19. The van der Waals surface area contributed by atoms with Crippen molar-refractivity contribution >= 4 is 34.1 Å². The number of aromatic nitrogens is 2. The van der Waals surface area contributed by atoms with E-state index >= 15 is 0 Å². The van der Waals surface area contributed by atoms with Gasteiger partial charge in [-0.15, -0.1) is 0 Å². The third-order valence-corrected chi connectivity index (χ3v) is 4.39. The summed E-state index contributed by atoms with van der Waals surface area (Å²) in [6, 6.07) is 19.8. The Balaban J connectivity index is 1.91. The standard InChI is InChI=1S/C18H14N4S/c19-13-5-1-11(2-6-13)15-9-10-16(18-17(15)21-23-22-18)12-3-7-14(20)8-4-12/h1-10H,19-20H2. The molecule has 0 aliphatic carbocycles. The Bertz CT molecular complexity index is 893.